The molecule has 0 aromatic heterocycles. The van der Waals surface area contributed by atoms with E-state index in [1.54, 1.807) is 31.4 Å². The number of likely N-dealkylation sites (tertiary alicyclic amines) is 1. The van der Waals surface area contributed by atoms with Gasteiger partial charge >= 0.3 is 0 Å². The number of allylic oxidation sites excluding steroid dienone is 1. The van der Waals surface area contributed by atoms with E-state index in [9.17, 15) is 5.11 Å². The lowest BCUT2D eigenvalue weighted by Gasteiger charge is -2.53. The molecular formula is C19H26N6OS. The quantitative estimate of drug-likeness (QED) is 0.350. The smallest absolute Gasteiger partial charge is 0.162 e. The van der Waals surface area contributed by atoms with Crippen LogP contribution in [0.2, 0.25) is 0 Å². The third kappa shape index (κ3) is 4.17. The second-order valence-electron chi connectivity index (χ2n) is 7.14. The minimum absolute atomic E-state index is 0.0155. The van der Waals surface area contributed by atoms with E-state index < -0.39 is 0 Å². The maximum atomic E-state index is 10.3. The molecule has 0 saturated carbocycles. The van der Waals surface area contributed by atoms with Crippen LogP contribution in [-0.2, 0) is 0 Å². The van der Waals surface area contributed by atoms with Crippen molar-refractivity contribution in [1.82, 2.24) is 15.5 Å². The third-order valence-corrected chi connectivity index (χ3v) is 6.01. The third-order valence-electron chi connectivity index (χ3n) is 5.13. The Morgan fingerprint density at radius 2 is 2.15 bits per heavy atom. The van der Waals surface area contributed by atoms with Gasteiger partial charge in [0.2, 0.25) is 0 Å². The lowest BCUT2D eigenvalue weighted by molar-refractivity contribution is 0.0355. The van der Waals surface area contributed by atoms with Gasteiger partial charge < -0.3 is 26.0 Å². The fraction of sp³-hybridized carbons (Fsp3) is 0.421. The maximum absolute atomic E-state index is 10.3. The van der Waals surface area contributed by atoms with Crippen molar-refractivity contribution in [2.24, 2.45) is 5.41 Å². The standard InChI is InChI=1S/C19H26N6OS/c1-23-9-14(8-20)13-3-4-15(16(26)7-13)17(21)27-18(22)25-11-19(12-25)5-2-6-24-10-19/h3-4,7-9,20-24,26H,2,5-6,10-12H2,1H3/b14-9+,20-8?,21-17?,22-18?. The minimum atomic E-state index is -0.0155. The van der Waals surface area contributed by atoms with Gasteiger partial charge in [-0.05, 0) is 48.8 Å². The average molecular weight is 387 g/mol. The van der Waals surface area contributed by atoms with Crippen LogP contribution in [0.4, 0.5) is 0 Å². The highest BCUT2D eigenvalue weighted by Gasteiger charge is 2.44. The zero-order valence-corrected chi connectivity index (χ0v) is 16.2. The van der Waals surface area contributed by atoms with Gasteiger partial charge in [-0.1, -0.05) is 6.07 Å². The topological polar surface area (TPSA) is 119 Å². The second-order valence-corrected chi connectivity index (χ2v) is 8.14. The Morgan fingerprint density at radius 3 is 2.74 bits per heavy atom. The first-order chi connectivity index (χ1) is 13.0. The van der Waals surface area contributed by atoms with Gasteiger partial charge in [-0.3, -0.25) is 10.8 Å². The van der Waals surface area contributed by atoms with Gasteiger partial charge in [0.15, 0.2) is 5.17 Å². The normalized spacial score (nSPS) is 18.7. The molecule has 0 bridgehead atoms. The van der Waals surface area contributed by atoms with E-state index in [4.69, 9.17) is 16.2 Å². The van der Waals surface area contributed by atoms with Crippen LogP contribution in [0.15, 0.2) is 24.4 Å². The second kappa shape index (κ2) is 8.14. The van der Waals surface area contributed by atoms with Gasteiger partial charge in [-0.15, -0.1) is 0 Å². The molecule has 2 aliphatic rings. The van der Waals surface area contributed by atoms with Gasteiger partial charge in [0, 0.05) is 55.6 Å². The van der Waals surface area contributed by atoms with Crippen LogP contribution in [0.1, 0.15) is 24.0 Å². The molecule has 27 heavy (non-hydrogen) atoms. The fourth-order valence-electron chi connectivity index (χ4n) is 3.69. The van der Waals surface area contributed by atoms with E-state index in [-0.39, 0.29) is 10.8 Å². The Bertz CT molecular complexity index is 776. The maximum Gasteiger partial charge on any atom is 0.162 e. The highest BCUT2D eigenvalue weighted by molar-refractivity contribution is 8.26. The van der Waals surface area contributed by atoms with Crippen LogP contribution in [0.3, 0.4) is 0 Å². The summed E-state index contributed by atoms with van der Waals surface area (Å²) in [5.41, 5.74) is 2.03. The summed E-state index contributed by atoms with van der Waals surface area (Å²) in [5, 5.41) is 41.2. The average Bonchev–Trinajstić information content (AvgIpc) is 2.64. The fourth-order valence-corrected chi connectivity index (χ4v) is 4.42. The zero-order chi connectivity index (χ0) is 19.4. The summed E-state index contributed by atoms with van der Waals surface area (Å²) < 4.78 is 0. The summed E-state index contributed by atoms with van der Waals surface area (Å²) in [7, 11) is 1.75. The van der Waals surface area contributed by atoms with Crippen molar-refractivity contribution in [3.05, 3.63) is 35.5 Å². The first kappa shape index (κ1) is 19.4. The van der Waals surface area contributed by atoms with Crippen LogP contribution in [0, 0.1) is 21.6 Å². The molecule has 1 spiro atoms. The van der Waals surface area contributed by atoms with E-state index in [0.29, 0.717) is 27.3 Å². The Morgan fingerprint density at radius 1 is 1.37 bits per heavy atom. The Kier molecular flexibility index (Phi) is 5.86. The van der Waals surface area contributed by atoms with Gasteiger partial charge in [-0.25, -0.2) is 0 Å². The number of hydrogen-bond acceptors (Lipinski definition) is 7. The monoisotopic (exact) mass is 386 g/mol. The van der Waals surface area contributed by atoms with Crippen molar-refractivity contribution in [1.29, 1.82) is 16.2 Å². The van der Waals surface area contributed by atoms with Crippen LogP contribution in [0.25, 0.3) is 5.57 Å². The molecule has 0 amide bonds. The highest BCUT2D eigenvalue weighted by Crippen LogP contribution is 2.38. The zero-order valence-electron chi connectivity index (χ0n) is 15.4. The van der Waals surface area contributed by atoms with E-state index in [0.717, 1.165) is 37.9 Å². The van der Waals surface area contributed by atoms with E-state index >= 15 is 0 Å². The number of amidine groups is 1. The number of benzene rings is 1. The molecule has 0 aliphatic carbocycles. The van der Waals surface area contributed by atoms with Crippen molar-refractivity contribution in [2.45, 2.75) is 12.8 Å². The summed E-state index contributed by atoms with van der Waals surface area (Å²) in [4.78, 5) is 2.00. The summed E-state index contributed by atoms with van der Waals surface area (Å²) in [5.74, 6) is -0.0155. The molecule has 8 heteroatoms. The summed E-state index contributed by atoms with van der Waals surface area (Å²) >= 11 is 1.07. The van der Waals surface area contributed by atoms with Gasteiger partial charge in [0.25, 0.3) is 0 Å². The van der Waals surface area contributed by atoms with Gasteiger partial charge in [0.1, 0.15) is 10.8 Å². The van der Waals surface area contributed by atoms with Crippen LogP contribution in [-0.4, -0.2) is 59.7 Å². The number of phenols is 1. The molecule has 2 fully saturated rings. The Labute approximate surface area is 163 Å². The molecule has 1 aromatic carbocycles. The first-order valence-electron chi connectivity index (χ1n) is 9.00. The summed E-state index contributed by atoms with van der Waals surface area (Å²) in [6.45, 7) is 3.82. The molecular weight excluding hydrogens is 360 g/mol. The van der Waals surface area contributed by atoms with Gasteiger partial charge in [0.05, 0.1) is 0 Å². The number of thioether (sulfide) groups is 1. The molecule has 0 atom stereocenters. The molecule has 2 heterocycles. The van der Waals surface area contributed by atoms with Gasteiger partial charge in [-0.2, -0.15) is 0 Å². The number of aromatic hydroxyl groups is 1. The molecule has 3 rings (SSSR count). The van der Waals surface area contributed by atoms with Crippen LogP contribution < -0.4 is 10.6 Å². The van der Waals surface area contributed by atoms with Crippen molar-refractivity contribution in [2.75, 3.05) is 33.2 Å². The molecule has 2 aliphatic heterocycles. The first-order valence-corrected chi connectivity index (χ1v) is 9.82. The Balaban J connectivity index is 1.62. The molecule has 6 N–H and O–H groups in total. The van der Waals surface area contributed by atoms with Crippen molar-refractivity contribution >= 4 is 33.8 Å². The minimum Gasteiger partial charge on any atom is -0.507 e. The molecule has 0 unspecified atom stereocenters. The molecule has 7 nitrogen and oxygen atoms in total. The summed E-state index contributed by atoms with van der Waals surface area (Å²) in [6.07, 6.45) is 5.27. The van der Waals surface area contributed by atoms with Crippen molar-refractivity contribution in [3.8, 4) is 5.75 Å². The lowest BCUT2D eigenvalue weighted by Crippen LogP contribution is -2.63. The number of phenolic OH excluding ortho intramolecular Hbond substituents is 1. The number of nitrogens with one attached hydrogen (secondary N) is 5. The highest BCUT2D eigenvalue weighted by atomic mass is 32.2. The van der Waals surface area contributed by atoms with Crippen LogP contribution in [0.5, 0.6) is 5.75 Å². The SMILES string of the molecule is CN/C=C(\C=N)c1ccc(C(=N)SC(=N)N2CC3(CCCNC3)C2)c(O)c1. The Hall–Kier alpha value is -2.32. The number of piperidine rings is 1. The predicted octanol–water partition coefficient (Wildman–Crippen LogP) is 2.28. The molecule has 2 saturated heterocycles. The van der Waals surface area contributed by atoms with Crippen molar-refractivity contribution < 1.29 is 5.11 Å². The largest absolute Gasteiger partial charge is 0.507 e. The predicted molar refractivity (Wildman–Crippen MR) is 112 cm³/mol. The number of nitrogens with zero attached hydrogens (tertiary/aromatic N) is 1. The lowest BCUT2D eigenvalue weighted by atomic mass is 9.74. The molecule has 0 radical (unpaired) electrons. The van der Waals surface area contributed by atoms with Crippen molar-refractivity contribution in [3.63, 3.8) is 0 Å². The van der Waals surface area contributed by atoms with Crippen LogP contribution >= 0.6 is 11.8 Å². The van der Waals surface area contributed by atoms with E-state index in [2.05, 4.69) is 10.6 Å². The summed E-state index contributed by atoms with van der Waals surface area (Å²) in [6, 6.07) is 4.99. The van der Waals surface area contributed by atoms with E-state index in [1.807, 2.05) is 4.90 Å². The van der Waals surface area contributed by atoms with E-state index in [1.165, 1.54) is 19.1 Å². The number of hydrogen-bond donors (Lipinski definition) is 6. The molecule has 1 aromatic rings. The number of rotatable bonds is 4. The molecule has 144 valence electrons.